The molecule has 3 aliphatic heterocycles. The first-order chi connectivity index (χ1) is 22.4. The molecule has 2 fully saturated rings. The molecule has 46 heavy (non-hydrogen) atoms. The molecule has 11 nitrogen and oxygen atoms in total. The third-order valence-electron chi connectivity index (χ3n) is 9.48. The number of carbonyl (C=O) groups is 1. The first-order valence-corrected chi connectivity index (χ1v) is 16.4. The van der Waals surface area contributed by atoms with Crippen LogP contribution in [0.3, 0.4) is 0 Å². The van der Waals surface area contributed by atoms with Crippen molar-refractivity contribution in [2.75, 3.05) is 40.0 Å². The van der Waals surface area contributed by atoms with E-state index in [2.05, 4.69) is 15.6 Å². The number of aryl methyl sites for hydroxylation is 1. The Labute approximate surface area is 272 Å². The van der Waals surface area contributed by atoms with E-state index in [0.29, 0.717) is 66.0 Å². The molecule has 0 radical (unpaired) electrons. The number of hydrogen-bond acceptors (Lipinski definition) is 8. The molecule has 12 heteroatoms. The van der Waals surface area contributed by atoms with Crippen molar-refractivity contribution in [3.8, 4) is 17.0 Å². The zero-order valence-electron chi connectivity index (χ0n) is 26.3. The second-order valence-corrected chi connectivity index (χ2v) is 12.8. The maximum Gasteiger partial charge on any atom is 0.409 e. The highest BCUT2D eigenvalue weighted by Crippen LogP contribution is 2.36. The molecule has 0 spiro atoms. The zero-order chi connectivity index (χ0) is 31.8. The van der Waals surface area contributed by atoms with Crippen molar-refractivity contribution in [3.05, 3.63) is 74.9 Å². The lowest BCUT2D eigenvalue weighted by Crippen LogP contribution is -2.43. The quantitative estimate of drug-likeness (QED) is 0.292. The molecular weight excluding hydrogens is 608 g/mol. The number of likely N-dealkylation sites (tertiary alicyclic amines) is 1. The summed E-state index contributed by atoms with van der Waals surface area (Å²) in [6.07, 6.45) is 2.95. The van der Waals surface area contributed by atoms with Crippen LogP contribution in [0, 0.1) is 6.92 Å². The fourth-order valence-electron chi connectivity index (χ4n) is 6.86. The van der Waals surface area contributed by atoms with Gasteiger partial charge in [0, 0.05) is 68.9 Å². The van der Waals surface area contributed by atoms with Gasteiger partial charge in [-0.25, -0.2) is 9.78 Å². The van der Waals surface area contributed by atoms with Crippen LogP contribution in [0.4, 0.5) is 4.79 Å². The van der Waals surface area contributed by atoms with Crippen molar-refractivity contribution in [2.24, 2.45) is 0 Å². The summed E-state index contributed by atoms with van der Waals surface area (Å²) >= 11 is 6.09. The maximum atomic E-state index is 14.0. The number of nitrogens with zero attached hydrogens (tertiary/aromatic N) is 6. The summed E-state index contributed by atoms with van der Waals surface area (Å²) in [6.45, 7) is 7.54. The van der Waals surface area contributed by atoms with Gasteiger partial charge in [-0.3, -0.25) is 18.9 Å². The Balaban J connectivity index is 1.24. The Morgan fingerprint density at radius 2 is 1.78 bits per heavy atom. The van der Waals surface area contributed by atoms with Gasteiger partial charge in [0.1, 0.15) is 17.7 Å². The van der Waals surface area contributed by atoms with Crippen LogP contribution < -0.4 is 10.3 Å². The predicted octanol–water partition coefficient (Wildman–Crippen LogP) is 4.87. The highest BCUT2D eigenvalue weighted by Gasteiger charge is 2.29. The Bertz CT molecular complexity index is 1790. The third kappa shape index (κ3) is 6.23. The Morgan fingerprint density at radius 3 is 2.52 bits per heavy atom. The topological polar surface area (TPSA) is 104 Å². The van der Waals surface area contributed by atoms with Gasteiger partial charge in [-0.05, 0) is 55.7 Å². The molecule has 5 heterocycles. The normalized spacial score (nSPS) is 18.1. The second-order valence-electron chi connectivity index (χ2n) is 12.4. The lowest BCUT2D eigenvalue weighted by molar-refractivity contribution is 0.0233. The standard InChI is InChI=1S/C34H39ClN6O5/c1-22-36-30-18-28(31-17-26-21-39(13-14-41(26)37-31)25-9-15-45-16-10-25)32(46-27-7-11-38(12-8-27)34(43)44-2)19-29(30)33(42)40(22)20-23-3-5-24(35)6-4-23/h3-6,17-19,25,27H,7-16,20-21H2,1-2H3. The predicted molar refractivity (Wildman–Crippen MR) is 174 cm³/mol. The van der Waals surface area contributed by atoms with E-state index in [-0.39, 0.29) is 17.8 Å². The van der Waals surface area contributed by atoms with Gasteiger partial charge in [0.25, 0.3) is 5.56 Å². The van der Waals surface area contributed by atoms with Crippen LogP contribution in [0.15, 0.2) is 47.3 Å². The summed E-state index contributed by atoms with van der Waals surface area (Å²) in [4.78, 5) is 35.2. The van der Waals surface area contributed by atoms with Gasteiger partial charge >= 0.3 is 6.09 Å². The van der Waals surface area contributed by atoms with E-state index in [4.69, 9.17) is 35.9 Å². The maximum absolute atomic E-state index is 14.0. The number of methoxy groups -OCH3 is 1. The van der Waals surface area contributed by atoms with Gasteiger partial charge in [-0.15, -0.1) is 0 Å². The van der Waals surface area contributed by atoms with Crippen LogP contribution >= 0.6 is 11.6 Å². The lowest BCUT2D eigenvalue weighted by atomic mass is 10.0. The van der Waals surface area contributed by atoms with Crippen molar-refractivity contribution in [1.82, 2.24) is 29.1 Å². The molecule has 4 aromatic rings. The Hall–Kier alpha value is -3.93. The molecule has 7 rings (SSSR count). The number of benzene rings is 2. The van der Waals surface area contributed by atoms with Crippen LogP contribution in [0.5, 0.6) is 5.75 Å². The second kappa shape index (κ2) is 13.1. The van der Waals surface area contributed by atoms with Crippen molar-refractivity contribution >= 4 is 28.6 Å². The number of hydrogen-bond donors (Lipinski definition) is 0. The number of carbonyl (C=O) groups excluding carboxylic acids is 1. The summed E-state index contributed by atoms with van der Waals surface area (Å²) in [5, 5.41) is 6.16. The van der Waals surface area contributed by atoms with Crippen LogP contribution in [0.2, 0.25) is 5.02 Å². The number of fused-ring (bicyclic) bond motifs is 2. The minimum Gasteiger partial charge on any atom is -0.490 e. The fourth-order valence-corrected chi connectivity index (χ4v) is 6.99. The smallest absolute Gasteiger partial charge is 0.409 e. The number of halogens is 1. The van der Waals surface area contributed by atoms with E-state index in [1.807, 2.05) is 43.3 Å². The average Bonchev–Trinajstić information content (AvgIpc) is 3.51. The summed E-state index contributed by atoms with van der Waals surface area (Å²) in [5.74, 6) is 1.22. The molecule has 2 saturated heterocycles. The van der Waals surface area contributed by atoms with E-state index in [1.54, 1.807) is 9.47 Å². The molecule has 0 bridgehead atoms. The van der Waals surface area contributed by atoms with Crippen molar-refractivity contribution in [3.63, 3.8) is 0 Å². The molecule has 0 aliphatic carbocycles. The van der Waals surface area contributed by atoms with Gasteiger partial charge in [-0.2, -0.15) is 5.10 Å². The molecule has 0 saturated carbocycles. The van der Waals surface area contributed by atoms with E-state index < -0.39 is 0 Å². The van der Waals surface area contributed by atoms with E-state index in [9.17, 15) is 9.59 Å². The Morgan fingerprint density at radius 1 is 1.02 bits per heavy atom. The molecule has 0 atom stereocenters. The third-order valence-corrected chi connectivity index (χ3v) is 9.73. The molecule has 2 aromatic carbocycles. The number of aromatic nitrogens is 4. The number of amides is 1. The van der Waals surface area contributed by atoms with E-state index in [1.165, 1.54) is 7.11 Å². The zero-order valence-corrected chi connectivity index (χ0v) is 27.0. The number of rotatable bonds is 6. The largest absolute Gasteiger partial charge is 0.490 e. The molecule has 0 N–H and O–H groups in total. The first-order valence-electron chi connectivity index (χ1n) is 16.0. The van der Waals surface area contributed by atoms with Crippen molar-refractivity contribution < 1.29 is 19.0 Å². The summed E-state index contributed by atoms with van der Waals surface area (Å²) in [7, 11) is 1.40. The lowest BCUT2D eigenvalue weighted by Gasteiger charge is -2.36. The van der Waals surface area contributed by atoms with Crippen LogP contribution in [0.25, 0.3) is 22.2 Å². The minimum absolute atomic E-state index is 0.131. The van der Waals surface area contributed by atoms with Gasteiger partial charge in [0.05, 0.1) is 42.5 Å². The molecule has 242 valence electrons. The first kappa shape index (κ1) is 30.7. The number of piperidine rings is 1. The van der Waals surface area contributed by atoms with Crippen molar-refractivity contribution in [2.45, 2.75) is 64.4 Å². The summed E-state index contributed by atoms with van der Waals surface area (Å²) in [6, 6.07) is 13.9. The van der Waals surface area contributed by atoms with Crippen molar-refractivity contribution in [1.29, 1.82) is 0 Å². The minimum atomic E-state index is -0.328. The molecule has 1 amide bonds. The Kier molecular flexibility index (Phi) is 8.72. The molecule has 3 aliphatic rings. The number of ether oxygens (including phenoxy) is 3. The average molecular weight is 647 g/mol. The van der Waals surface area contributed by atoms with Crippen LogP contribution in [0.1, 0.15) is 42.8 Å². The molecular formula is C34H39ClN6O5. The highest BCUT2D eigenvalue weighted by atomic mass is 35.5. The molecule has 0 unspecified atom stereocenters. The SMILES string of the molecule is COC(=O)N1CCC(Oc2cc3c(=O)n(Cc4ccc(Cl)cc4)c(C)nc3cc2-c2cc3n(n2)CCN(C2CCOCC2)C3)CC1. The van der Waals surface area contributed by atoms with Gasteiger partial charge in [0.15, 0.2) is 0 Å². The van der Waals surface area contributed by atoms with Gasteiger partial charge in [0.2, 0.25) is 0 Å². The van der Waals surface area contributed by atoms with Crippen LogP contribution in [-0.4, -0.2) is 87.3 Å². The fraction of sp³-hybridized carbons (Fsp3) is 0.471. The monoisotopic (exact) mass is 646 g/mol. The van der Waals surface area contributed by atoms with Gasteiger partial charge < -0.3 is 19.1 Å². The van der Waals surface area contributed by atoms with E-state index in [0.717, 1.165) is 68.2 Å². The summed E-state index contributed by atoms with van der Waals surface area (Å²) < 4.78 is 21.0. The molecule has 2 aromatic heterocycles. The van der Waals surface area contributed by atoms with E-state index >= 15 is 0 Å². The van der Waals surface area contributed by atoms with Crippen LogP contribution in [-0.2, 0) is 29.1 Å². The van der Waals surface area contributed by atoms with Gasteiger partial charge in [-0.1, -0.05) is 23.7 Å². The highest BCUT2D eigenvalue weighted by molar-refractivity contribution is 6.30. The summed E-state index contributed by atoms with van der Waals surface area (Å²) in [5.41, 5.74) is 4.20.